The molecule has 0 saturated carbocycles. The Morgan fingerprint density at radius 2 is 0.862 bits per heavy atom. The summed E-state index contributed by atoms with van der Waals surface area (Å²) in [5.74, 6) is 0. The van der Waals surface area contributed by atoms with Gasteiger partial charge in [0.25, 0.3) is 0 Å². The zero-order chi connectivity index (χ0) is 21.3. The third kappa shape index (κ3) is 25.4. The quantitative estimate of drug-likeness (QED) is 0.133. The zero-order valence-electron chi connectivity index (χ0n) is 20.3. The van der Waals surface area contributed by atoms with Gasteiger partial charge < -0.3 is 5.73 Å². The first-order valence-corrected chi connectivity index (χ1v) is 13.4. The summed E-state index contributed by atoms with van der Waals surface area (Å²) in [4.78, 5) is 0. The fourth-order valence-electron chi connectivity index (χ4n) is 3.90. The minimum Gasteiger partial charge on any atom is -0.328 e. The normalized spacial score (nSPS) is 13.1. The molecular formula is C28H55N. The Labute approximate surface area is 185 Å². The van der Waals surface area contributed by atoms with Crippen molar-refractivity contribution in [3.8, 4) is 0 Å². The molecule has 2 N–H and O–H groups in total. The minimum absolute atomic E-state index is 0.458. The number of rotatable bonds is 23. The fourth-order valence-corrected chi connectivity index (χ4v) is 3.90. The van der Waals surface area contributed by atoms with Crippen LogP contribution in [0, 0.1) is 0 Å². The molecule has 0 heterocycles. The van der Waals surface area contributed by atoms with Gasteiger partial charge in [0.15, 0.2) is 0 Å². The summed E-state index contributed by atoms with van der Waals surface area (Å²) in [5.41, 5.74) is 6.27. The maximum absolute atomic E-state index is 6.27. The lowest BCUT2D eigenvalue weighted by Gasteiger charge is -2.11. The van der Waals surface area contributed by atoms with E-state index in [1.54, 1.807) is 0 Å². The van der Waals surface area contributed by atoms with Crippen molar-refractivity contribution < 1.29 is 0 Å². The molecular weight excluding hydrogens is 350 g/mol. The molecule has 0 aliphatic rings. The highest BCUT2D eigenvalue weighted by Gasteiger charge is 2.02. The number of nitrogens with two attached hydrogens (primary N) is 1. The standard InChI is InChI=1S/C28H55N/c1-3-5-7-9-11-12-13-14-15-16-17-18-19-20-21-23-25-27-28(29)26-24-22-10-8-6-4-2/h11-12,14-15,28H,3-10,13,16-27,29H2,1-2H3/b12-11+,15-14+. The highest BCUT2D eigenvalue weighted by Crippen LogP contribution is 2.14. The molecule has 1 heteroatoms. The lowest BCUT2D eigenvalue weighted by molar-refractivity contribution is 0.482. The highest BCUT2D eigenvalue weighted by atomic mass is 14.6. The average molecular weight is 406 g/mol. The lowest BCUT2D eigenvalue weighted by Crippen LogP contribution is -2.19. The van der Waals surface area contributed by atoms with Crippen LogP contribution in [-0.4, -0.2) is 6.04 Å². The van der Waals surface area contributed by atoms with Gasteiger partial charge in [0, 0.05) is 6.04 Å². The summed E-state index contributed by atoms with van der Waals surface area (Å²) in [7, 11) is 0. The first-order chi connectivity index (χ1) is 14.3. The van der Waals surface area contributed by atoms with Crippen molar-refractivity contribution in [3.05, 3.63) is 24.3 Å². The predicted octanol–water partition coefficient (Wildman–Crippen LogP) is 9.66. The number of unbranched alkanes of at least 4 members (excludes halogenated alkanes) is 15. The maximum Gasteiger partial charge on any atom is 0.00388 e. The smallest absolute Gasteiger partial charge is 0.00388 e. The Hall–Kier alpha value is -0.560. The van der Waals surface area contributed by atoms with Gasteiger partial charge in [-0.3, -0.25) is 0 Å². The highest BCUT2D eigenvalue weighted by molar-refractivity contribution is 4.92. The molecule has 0 aromatic heterocycles. The van der Waals surface area contributed by atoms with E-state index in [1.165, 1.54) is 128 Å². The first-order valence-electron chi connectivity index (χ1n) is 13.4. The molecule has 0 aromatic carbocycles. The molecule has 0 saturated heterocycles. The summed E-state index contributed by atoms with van der Waals surface area (Å²) in [6.07, 6.45) is 37.6. The van der Waals surface area contributed by atoms with Gasteiger partial charge in [-0.25, -0.2) is 0 Å². The molecule has 0 spiro atoms. The van der Waals surface area contributed by atoms with Gasteiger partial charge in [-0.1, -0.05) is 128 Å². The van der Waals surface area contributed by atoms with E-state index in [1.807, 2.05) is 0 Å². The van der Waals surface area contributed by atoms with Crippen molar-refractivity contribution >= 4 is 0 Å². The molecule has 0 radical (unpaired) electrons. The van der Waals surface area contributed by atoms with Gasteiger partial charge in [-0.05, 0) is 44.9 Å². The van der Waals surface area contributed by atoms with Crippen LogP contribution in [-0.2, 0) is 0 Å². The third-order valence-electron chi connectivity index (χ3n) is 5.95. The van der Waals surface area contributed by atoms with Crippen LogP contribution >= 0.6 is 0 Å². The van der Waals surface area contributed by atoms with Gasteiger partial charge in [0.1, 0.15) is 0 Å². The van der Waals surface area contributed by atoms with E-state index in [0.29, 0.717) is 6.04 Å². The third-order valence-corrected chi connectivity index (χ3v) is 5.95. The van der Waals surface area contributed by atoms with Gasteiger partial charge >= 0.3 is 0 Å². The molecule has 1 unspecified atom stereocenters. The van der Waals surface area contributed by atoms with E-state index in [9.17, 15) is 0 Å². The SMILES string of the molecule is CCCCC/C=C/C/C=C/CCCCCCCCCC(N)CCCCCCCC. The van der Waals surface area contributed by atoms with E-state index in [4.69, 9.17) is 5.73 Å². The van der Waals surface area contributed by atoms with Crippen LogP contribution in [0.2, 0.25) is 0 Å². The summed E-state index contributed by atoms with van der Waals surface area (Å²) >= 11 is 0. The predicted molar refractivity (Wildman–Crippen MR) is 135 cm³/mol. The van der Waals surface area contributed by atoms with Crippen LogP contribution in [0.5, 0.6) is 0 Å². The summed E-state index contributed by atoms with van der Waals surface area (Å²) in [5, 5.41) is 0. The molecule has 0 rings (SSSR count). The van der Waals surface area contributed by atoms with Crippen LogP contribution < -0.4 is 5.73 Å². The Morgan fingerprint density at radius 3 is 1.38 bits per heavy atom. The molecule has 0 bridgehead atoms. The maximum atomic E-state index is 6.27. The second kappa shape index (κ2) is 25.5. The summed E-state index contributed by atoms with van der Waals surface area (Å²) < 4.78 is 0. The largest absolute Gasteiger partial charge is 0.328 e. The molecule has 0 amide bonds. The number of hydrogen-bond acceptors (Lipinski definition) is 1. The van der Waals surface area contributed by atoms with Crippen LogP contribution in [0.4, 0.5) is 0 Å². The van der Waals surface area contributed by atoms with Crippen LogP contribution in [0.25, 0.3) is 0 Å². The van der Waals surface area contributed by atoms with Crippen molar-refractivity contribution in [3.63, 3.8) is 0 Å². The average Bonchev–Trinajstić information content (AvgIpc) is 2.73. The second-order valence-electron chi connectivity index (χ2n) is 9.04. The first kappa shape index (κ1) is 28.4. The van der Waals surface area contributed by atoms with Crippen molar-refractivity contribution in [2.75, 3.05) is 0 Å². The summed E-state index contributed by atoms with van der Waals surface area (Å²) in [6, 6.07) is 0.458. The molecule has 0 fully saturated rings. The Balaban J connectivity index is 3.22. The van der Waals surface area contributed by atoms with Crippen LogP contribution in [0.1, 0.15) is 149 Å². The monoisotopic (exact) mass is 405 g/mol. The van der Waals surface area contributed by atoms with Gasteiger partial charge in [-0.15, -0.1) is 0 Å². The van der Waals surface area contributed by atoms with Crippen LogP contribution in [0.3, 0.4) is 0 Å². The zero-order valence-corrected chi connectivity index (χ0v) is 20.3. The topological polar surface area (TPSA) is 26.0 Å². The Kier molecular flexibility index (Phi) is 25.0. The Morgan fingerprint density at radius 1 is 0.483 bits per heavy atom. The van der Waals surface area contributed by atoms with Gasteiger partial charge in [-0.2, -0.15) is 0 Å². The lowest BCUT2D eigenvalue weighted by atomic mass is 10.0. The molecule has 29 heavy (non-hydrogen) atoms. The number of hydrogen-bond donors (Lipinski definition) is 1. The van der Waals surface area contributed by atoms with E-state index in [-0.39, 0.29) is 0 Å². The minimum atomic E-state index is 0.458. The molecule has 0 aliphatic carbocycles. The second-order valence-corrected chi connectivity index (χ2v) is 9.04. The van der Waals surface area contributed by atoms with Crippen molar-refractivity contribution in [1.82, 2.24) is 0 Å². The van der Waals surface area contributed by atoms with Gasteiger partial charge in [0.05, 0.1) is 0 Å². The van der Waals surface area contributed by atoms with E-state index in [0.717, 1.165) is 6.42 Å². The van der Waals surface area contributed by atoms with Crippen LogP contribution in [0.15, 0.2) is 24.3 Å². The molecule has 1 atom stereocenters. The molecule has 0 aliphatic heterocycles. The van der Waals surface area contributed by atoms with Crippen molar-refractivity contribution in [2.45, 2.75) is 155 Å². The molecule has 172 valence electrons. The van der Waals surface area contributed by atoms with Crippen molar-refractivity contribution in [1.29, 1.82) is 0 Å². The van der Waals surface area contributed by atoms with E-state index >= 15 is 0 Å². The molecule has 1 nitrogen and oxygen atoms in total. The van der Waals surface area contributed by atoms with E-state index in [2.05, 4.69) is 38.2 Å². The van der Waals surface area contributed by atoms with Gasteiger partial charge in [0.2, 0.25) is 0 Å². The van der Waals surface area contributed by atoms with Crippen molar-refractivity contribution in [2.24, 2.45) is 5.73 Å². The molecule has 0 aromatic rings. The fraction of sp³-hybridized carbons (Fsp3) is 0.857. The summed E-state index contributed by atoms with van der Waals surface area (Å²) in [6.45, 7) is 4.55. The van der Waals surface area contributed by atoms with E-state index < -0.39 is 0 Å². The Bertz CT molecular complexity index is 344. The number of allylic oxidation sites excluding steroid dienone is 4.